The summed E-state index contributed by atoms with van der Waals surface area (Å²) < 4.78 is 12.6. The van der Waals surface area contributed by atoms with Gasteiger partial charge in [0.25, 0.3) is 0 Å². The second kappa shape index (κ2) is 3.39. The van der Waals surface area contributed by atoms with Crippen LogP contribution in [0.3, 0.4) is 0 Å². The molecule has 0 heterocycles. The molecule has 0 amide bonds. The zero-order chi connectivity index (χ0) is 10.1. The number of benzene rings is 1. The summed E-state index contributed by atoms with van der Waals surface area (Å²) in [4.78, 5) is 0. The van der Waals surface area contributed by atoms with Crippen molar-refractivity contribution in [1.29, 1.82) is 5.26 Å². The largest absolute Gasteiger partial charge is 0.206 e. The Hall–Kier alpha value is -1.01. The summed E-state index contributed by atoms with van der Waals surface area (Å²) >= 11 is 4.33. The first kappa shape index (κ1) is 10.1. The van der Waals surface area contributed by atoms with Crippen molar-refractivity contribution in [2.24, 2.45) is 0 Å². The molecule has 0 radical (unpaired) electrons. The molecule has 0 N–H and O–H groups in total. The first-order valence-corrected chi connectivity index (χ1v) is 4.32. The van der Waals surface area contributed by atoms with Crippen LogP contribution >= 0.6 is 12.6 Å². The molecule has 13 heavy (non-hydrogen) atoms. The van der Waals surface area contributed by atoms with Gasteiger partial charge in [0.1, 0.15) is 11.9 Å². The van der Waals surface area contributed by atoms with E-state index < -0.39 is 5.82 Å². The minimum absolute atomic E-state index is 0.0691. The van der Waals surface area contributed by atoms with E-state index in [4.69, 9.17) is 5.26 Å². The van der Waals surface area contributed by atoms with Crippen LogP contribution in [0.25, 0.3) is 0 Å². The van der Waals surface area contributed by atoms with Gasteiger partial charge >= 0.3 is 0 Å². The lowest BCUT2D eigenvalue weighted by Gasteiger charge is -2.17. The van der Waals surface area contributed by atoms with E-state index >= 15 is 0 Å². The summed E-state index contributed by atoms with van der Waals surface area (Å²) in [5.41, 5.74) is 0.911. The van der Waals surface area contributed by atoms with E-state index in [1.807, 2.05) is 13.8 Å². The van der Waals surface area contributed by atoms with E-state index in [9.17, 15) is 4.39 Å². The van der Waals surface area contributed by atoms with Crippen molar-refractivity contribution in [3.05, 3.63) is 35.1 Å². The lowest BCUT2D eigenvalue weighted by Crippen LogP contribution is -2.08. The van der Waals surface area contributed by atoms with E-state index in [-0.39, 0.29) is 10.3 Å². The van der Waals surface area contributed by atoms with Gasteiger partial charge in [-0.15, -0.1) is 0 Å². The van der Waals surface area contributed by atoms with E-state index in [1.54, 1.807) is 12.1 Å². The predicted molar refractivity (Wildman–Crippen MR) is 53.1 cm³/mol. The lowest BCUT2D eigenvalue weighted by molar-refractivity contribution is 0.621. The fraction of sp³-hybridized carbons (Fsp3) is 0.300. The second-order valence-electron chi connectivity index (χ2n) is 3.37. The molecule has 0 aliphatic carbocycles. The maximum Gasteiger partial charge on any atom is 0.140 e. The molecule has 0 unspecified atom stereocenters. The molecule has 0 aliphatic rings. The maximum atomic E-state index is 12.9. The van der Waals surface area contributed by atoms with Crippen molar-refractivity contribution >= 4 is 12.6 Å². The zero-order valence-electron chi connectivity index (χ0n) is 7.50. The van der Waals surface area contributed by atoms with Crippen molar-refractivity contribution in [3.8, 4) is 6.07 Å². The minimum atomic E-state index is -0.483. The molecule has 0 aromatic heterocycles. The lowest BCUT2D eigenvalue weighted by atomic mass is 10.00. The molecule has 0 aliphatic heterocycles. The third-order valence-electron chi connectivity index (χ3n) is 1.79. The Bertz CT molecular complexity index is 360. The molecule has 1 aromatic rings. The summed E-state index contributed by atoms with van der Waals surface area (Å²) in [5.74, 6) is -0.483. The van der Waals surface area contributed by atoms with Gasteiger partial charge in [-0.25, -0.2) is 4.39 Å². The van der Waals surface area contributed by atoms with Gasteiger partial charge in [0.15, 0.2) is 0 Å². The Kier molecular flexibility index (Phi) is 2.63. The number of rotatable bonds is 1. The molecule has 0 fully saturated rings. The first-order valence-electron chi connectivity index (χ1n) is 3.87. The normalized spacial score (nSPS) is 11.0. The Morgan fingerprint density at radius 2 is 2.08 bits per heavy atom. The zero-order valence-corrected chi connectivity index (χ0v) is 8.40. The highest BCUT2D eigenvalue weighted by Crippen LogP contribution is 2.27. The van der Waals surface area contributed by atoms with Crippen LogP contribution in [0.4, 0.5) is 4.39 Å². The molecule has 1 aromatic carbocycles. The molecular weight excluding hydrogens is 185 g/mol. The van der Waals surface area contributed by atoms with E-state index in [1.165, 1.54) is 12.1 Å². The number of nitrogens with zero attached hydrogens (tertiary/aromatic N) is 1. The maximum absolute atomic E-state index is 12.9. The molecule has 1 nitrogen and oxygen atoms in total. The highest BCUT2D eigenvalue weighted by Gasteiger charge is 2.16. The van der Waals surface area contributed by atoms with E-state index in [0.717, 1.165) is 5.56 Å². The third-order valence-corrected chi connectivity index (χ3v) is 2.05. The standard InChI is InChI=1S/C10H10FNS/c1-10(2,13)8-3-4-9(11)7(5-8)6-12/h3-5,13H,1-2H3. The Morgan fingerprint density at radius 3 is 2.54 bits per heavy atom. The quantitative estimate of drug-likeness (QED) is 0.684. The summed E-state index contributed by atoms with van der Waals surface area (Å²) in [7, 11) is 0. The topological polar surface area (TPSA) is 23.8 Å². The van der Waals surface area contributed by atoms with Crippen LogP contribution in [0.15, 0.2) is 18.2 Å². The highest BCUT2D eigenvalue weighted by molar-refractivity contribution is 7.81. The molecular formula is C10H10FNS. The minimum Gasteiger partial charge on any atom is -0.206 e. The average Bonchev–Trinajstić information content (AvgIpc) is 2.03. The Labute approximate surface area is 82.6 Å². The third kappa shape index (κ3) is 2.22. The van der Waals surface area contributed by atoms with Crippen molar-refractivity contribution in [1.82, 2.24) is 0 Å². The summed E-state index contributed by atoms with van der Waals surface area (Å²) in [6.45, 7) is 3.79. The van der Waals surface area contributed by atoms with Crippen LogP contribution < -0.4 is 0 Å². The van der Waals surface area contributed by atoms with Crippen LogP contribution in [0.1, 0.15) is 25.0 Å². The molecule has 0 saturated carbocycles. The number of nitriles is 1. The summed E-state index contributed by atoms with van der Waals surface area (Å²) in [5, 5.41) is 8.59. The Morgan fingerprint density at radius 1 is 1.46 bits per heavy atom. The summed E-state index contributed by atoms with van der Waals surface area (Å²) in [6, 6.07) is 6.27. The van der Waals surface area contributed by atoms with Gasteiger partial charge in [0.05, 0.1) is 5.56 Å². The monoisotopic (exact) mass is 195 g/mol. The van der Waals surface area contributed by atoms with Gasteiger partial charge in [0, 0.05) is 4.75 Å². The van der Waals surface area contributed by atoms with Gasteiger partial charge < -0.3 is 0 Å². The van der Waals surface area contributed by atoms with Gasteiger partial charge in [0.2, 0.25) is 0 Å². The fourth-order valence-electron chi connectivity index (χ4n) is 0.992. The van der Waals surface area contributed by atoms with Gasteiger partial charge in [-0.2, -0.15) is 17.9 Å². The number of halogens is 1. The highest BCUT2D eigenvalue weighted by atomic mass is 32.1. The SMILES string of the molecule is CC(C)(S)c1ccc(F)c(C#N)c1. The van der Waals surface area contributed by atoms with Crippen LogP contribution in [0.5, 0.6) is 0 Å². The van der Waals surface area contributed by atoms with Crippen LogP contribution in [-0.4, -0.2) is 0 Å². The summed E-state index contributed by atoms with van der Waals surface area (Å²) in [6.07, 6.45) is 0. The molecule has 0 atom stereocenters. The molecule has 1 rings (SSSR count). The van der Waals surface area contributed by atoms with Crippen molar-refractivity contribution in [2.45, 2.75) is 18.6 Å². The van der Waals surface area contributed by atoms with Crippen LogP contribution in [0, 0.1) is 17.1 Å². The fourth-order valence-corrected chi connectivity index (χ4v) is 1.13. The number of thiol groups is 1. The average molecular weight is 195 g/mol. The van der Waals surface area contributed by atoms with Crippen molar-refractivity contribution in [2.75, 3.05) is 0 Å². The second-order valence-corrected chi connectivity index (χ2v) is 4.48. The molecule has 0 saturated heterocycles. The van der Waals surface area contributed by atoms with E-state index in [0.29, 0.717) is 0 Å². The number of hydrogen-bond donors (Lipinski definition) is 1. The Balaban J connectivity index is 3.24. The smallest absolute Gasteiger partial charge is 0.140 e. The molecule has 68 valence electrons. The van der Waals surface area contributed by atoms with Gasteiger partial charge in [-0.1, -0.05) is 6.07 Å². The molecule has 0 bridgehead atoms. The van der Waals surface area contributed by atoms with Crippen molar-refractivity contribution in [3.63, 3.8) is 0 Å². The molecule has 3 heteroatoms. The predicted octanol–water partition coefficient (Wildman–Crippen LogP) is 2.86. The van der Waals surface area contributed by atoms with Crippen LogP contribution in [0.2, 0.25) is 0 Å². The van der Waals surface area contributed by atoms with E-state index in [2.05, 4.69) is 12.6 Å². The van der Waals surface area contributed by atoms with Gasteiger partial charge in [-0.3, -0.25) is 0 Å². The molecule has 0 spiro atoms. The van der Waals surface area contributed by atoms with Crippen LogP contribution in [-0.2, 0) is 4.75 Å². The first-order chi connectivity index (χ1) is 5.95. The van der Waals surface area contributed by atoms with Crippen molar-refractivity contribution < 1.29 is 4.39 Å². The number of hydrogen-bond acceptors (Lipinski definition) is 2. The van der Waals surface area contributed by atoms with Gasteiger partial charge in [-0.05, 0) is 31.5 Å².